The van der Waals surface area contributed by atoms with Crippen molar-refractivity contribution >= 4 is 110 Å². The monoisotopic (exact) mass is 1040 g/mol. The van der Waals surface area contributed by atoms with Gasteiger partial charge in [0, 0.05) is 93.4 Å². The van der Waals surface area contributed by atoms with Crippen molar-refractivity contribution in [1.29, 1.82) is 0 Å². The number of aromatic nitrogens is 2. The van der Waals surface area contributed by atoms with Gasteiger partial charge in [-0.2, -0.15) is 16.8 Å². The zero-order chi connectivity index (χ0) is 54.2. The first kappa shape index (κ1) is 55.0. The molecule has 0 radical (unpaired) electrons. The van der Waals surface area contributed by atoms with Gasteiger partial charge in [0.15, 0.2) is 0 Å². The van der Waals surface area contributed by atoms with Crippen LogP contribution in [0.25, 0.3) is 54.7 Å². The highest BCUT2D eigenvalue weighted by molar-refractivity contribution is 7.86. The van der Waals surface area contributed by atoms with E-state index < -0.39 is 30.0 Å². The van der Waals surface area contributed by atoms with Gasteiger partial charge in [-0.05, 0) is 73.8 Å². The first-order valence-corrected chi connectivity index (χ1v) is 25.9. The van der Waals surface area contributed by atoms with Gasteiger partial charge in [-0.3, -0.25) is 23.5 Å². The number of hydrogen-bond acceptors (Lipinski definition) is 13. The van der Waals surface area contributed by atoms with Crippen LogP contribution in [0.4, 0.5) is 34.1 Å². The van der Waals surface area contributed by atoms with Crippen LogP contribution < -0.4 is 36.9 Å². The predicted octanol–water partition coefficient (Wildman–Crippen LogP) is 9.30. The summed E-state index contributed by atoms with van der Waals surface area (Å²) >= 11 is 0. The average molecular weight is 1040 g/mol. The number of rotatable bonds is 9. The van der Waals surface area contributed by atoms with Gasteiger partial charge in [0.2, 0.25) is 17.2 Å². The molecule has 7 aromatic carbocycles. The Morgan fingerprint density at radius 3 is 1.70 bits per heavy atom. The predicted molar refractivity (Wildman–Crippen MR) is 297 cm³/mol. The number of nitrogens with two attached hydrogens (primary N) is 1. The number of anilines is 6. The summed E-state index contributed by atoms with van der Waals surface area (Å²) < 4.78 is 64.7. The minimum Gasteiger partial charge on any atom is -0.505 e. The normalized spacial score (nSPS) is 11.2. The Labute approximate surface area is 428 Å². The summed E-state index contributed by atoms with van der Waals surface area (Å²) in [6.07, 6.45) is 0. The number of aromatic hydroxyl groups is 1. The molecule has 0 bridgehead atoms. The second-order valence-electron chi connectivity index (χ2n) is 17.2. The number of amides is 2. The fourth-order valence-electron chi connectivity index (χ4n) is 8.13. The van der Waals surface area contributed by atoms with Crippen LogP contribution in [-0.2, 0) is 36.4 Å². The molecule has 20 heteroatoms. The number of hydrogen-bond donors (Lipinski definition) is 7. The van der Waals surface area contributed by atoms with Crippen LogP contribution in [0.3, 0.4) is 0 Å². The third-order valence-electron chi connectivity index (χ3n) is 11.5. The minimum absolute atomic E-state index is 0.0233. The lowest BCUT2D eigenvalue weighted by molar-refractivity contribution is -0.115. The van der Waals surface area contributed by atoms with E-state index in [9.17, 15) is 36.3 Å². The Morgan fingerprint density at radius 1 is 0.635 bits per heavy atom. The van der Waals surface area contributed by atoms with Crippen molar-refractivity contribution in [3.05, 3.63) is 144 Å². The number of carbonyl (C=O) groups excluding carboxylic acids is 2. The van der Waals surface area contributed by atoms with Crippen LogP contribution in [0, 0.1) is 0 Å². The fraction of sp³-hybridized carbons (Fsp3) is 0.185. The van der Waals surface area contributed by atoms with Gasteiger partial charge in [0.1, 0.15) is 21.2 Å². The van der Waals surface area contributed by atoms with Gasteiger partial charge < -0.3 is 41.2 Å². The van der Waals surface area contributed by atoms with E-state index in [2.05, 4.69) is 44.5 Å². The molecule has 0 saturated heterocycles. The molecule has 2 aliphatic rings. The van der Waals surface area contributed by atoms with Gasteiger partial charge >= 0.3 is 0 Å². The molecule has 1 aliphatic heterocycles. The van der Waals surface area contributed by atoms with E-state index in [4.69, 9.17) is 19.8 Å². The Balaban J connectivity index is 0.000000169. The van der Waals surface area contributed by atoms with Crippen molar-refractivity contribution in [2.75, 3.05) is 66.2 Å². The molecule has 0 unspecified atom stereocenters. The van der Waals surface area contributed by atoms with Crippen molar-refractivity contribution in [3.8, 4) is 17.1 Å². The third kappa shape index (κ3) is 12.5. The molecule has 0 spiro atoms. The first-order chi connectivity index (χ1) is 35.0. The van der Waals surface area contributed by atoms with E-state index in [1.54, 1.807) is 12.1 Å². The summed E-state index contributed by atoms with van der Waals surface area (Å²) in [6.45, 7) is 8.43. The van der Waals surface area contributed by atoms with Crippen LogP contribution in [0.2, 0.25) is 0 Å². The summed E-state index contributed by atoms with van der Waals surface area (Å²) in [4.78, 5) is 44.1. The maximum atomic E-state index is 13.2. The quantitative estimate of drug-likeness (QED) is 0.0233. The van der Waals surface area contributed by atoms with Gasteiger partial charge in [-0.1, -0.05) is 78.9 Å². The van der Waals surface area contributed by atoms with E-state index in [-0.39, 0.29) is 39.5 Å². The Hall–Kier alpha value is -8.30. The second-order valence-corrected chi connectivity index (χ2v) is 19.9. The number of nitrogen functional groups attached to an aromatic ring is 1. The van der Waals surface area contributed by atoms with E-state index in [1.807, 2.05) is 113 Å². The topological polar surface area (TPSA) is 267 Å². The van der Waals surface area contributed by atoms with E-state index >= 15 is 0 Å². The van der Waals surface area contributed by atoms with Gasteiger partial charge in [0.25, 0.3) is 20.2 Å². The molecule has 0 saturated carbocycles. The van der Waals surface area contributed by atoms with Crippen LogP contribution in [0.5, 0.6) is 5.75 Å². The maximum absolute atomic E-state index is 13.2. The highest BCUT2D eigenvalue weighted by Gasteiger charge is 2.24. The minimum atomic E-state index is -4.47. The second kappa shape index (κ2) is 23.1. The molecule has 9 rings (SSSR count). The molecule has 2 amide bonds. The lowest BCUT2D eigenvalue weighted by Crippen LogP contribution is -2.21. The van der Waals surface area contributed by atoms with E-state index in [0.29, 0.717) is 29.0 Å². The molecule has 1 heterocycles. The van der Waals surface area contributed by atoms with Crippen LogP contribution in [0.1, 0.15) is 27.7 Å². The molecule has 0 aromatic heterocycles. The number of nitrogens with one attached hydrogen (secondary N) is 3. The molecule has 18 nitrogen and oxygen atoms in total. The summed E-state index contributed by atoms with van der Waals surface area (Å²) in [5, 5.41) is 21.5. The molecule has 74 heavy (non-hydrogen) atoms. The SMILES string of the molecule is CC(=O)Nc1ccc2ccccc2c1O.CCNc1cc(N(C)C)ccc1N.CCn1c2c(NC(C)=O)c(=O)c3ccccc3c-2nc2ccc(N(C)C)cc21.O=S(=O)(O)c1cccc2c(S(=O)(=O)O)cccc12. The number of fused-ring (bicyclic) bond motifs is 6. The first-order valence-electron chi connectivity index (χ1n) is 23.1. The van der Waals surface area contributed by atoms with Crippen molar-refractivity contribution in [2.24, 2.45) is 0 Å². The number of carbonyl (C=O) groups is 2. The highest BCUT2D eigenvalue weighted by atomic mass is 32.2. The van der Waals surface area contributed by atoms with E-state index in [0.717, 1.165) is 68.6 Å². The summed E-state index contributed by atoms with van der Waals surface area (Å²) in [7, 11) is -0.938. The molecule has 0 atom stereocenters. The highest BCUT2D eigenvalue weighted by Crippen LogP contribution is 2.37. The fourth-order valence-corrected chi connectivity index (χ4v) is 9.54. The van der Waals surface area contributed by atoms with Crippen molar-refractivity contribution < 1.29 is 40.6 Å². The number of aryl methyl sites for hydroxylation is 1. The van der Waals surface area contributed by atoms with Gasteiger partial charge in [0.05, 0.1) is 39.5 Å². The van der Waals surface area contributed by atoms with Crippen molar-refractivity contribution in [2.45, 2.75) is 44.0 Å². The molecule has 7 aromatic rings. The summed E-state index contributed by atoms with van der Waals surface area (Å²) in [5.41, 5.74) is 13.5. The Morgan fingerprint density at radius 2 is 1.16 bits per heavy atom. The summed E-state index contributed by atoms with van der Waals surface area (Å²) in [5.74, 6) is -0.359. The zero-order valence-electron chi connectivity index (χ0n) is 42.0. The van der Waals surface area contributed by atoms with Crippen LogP contribution in [-0.4, -0.2) is 87.1 Å². The van der Waals surface area contributed by atoms with Crippen LogP contribution >= 0.6 is 0 Å². The van der Waals surface area contributed by atoms with Crippen molar-refractivity contribution in [1.82, 2.24) is 9.55 Å². The van der Waals surface area contributed by atoms with E-state index in [1.165, 1.54) is 38.1 Å². The molecule has 0 fully saturated rings. The Bertz CT molecular complexity index is 3760. The molecule has 8 N–H and O–H groups in total. The lowest BCUT2D eigenvalue weighted by atomic mass is 10.0. The van der Waals surface area contributed by atoms with Crippen molar-refractivity contribution in [3.63, 3.8) is 0 Å². The van der Waals surface area contributed by atoms with Gasteiger partial charge in [-0.15, -0.1) is 0 Å². The average Bonchev–Trinajstić information content (AvgIpc) is 3.35. The molecular formula is C54H58N8O10S2. The maximum Gasteiger partial charge on any atom is 0.295 e. The molecule has 1 aliphatic carbocycles. The zero-order valence-corrected chi connectivity index (χ0v) is 43.6. The number of phenols is 1. The Kier molecular flexibility index (Phi) is 17.1. The standard InChI is InChI=1S/C22H22N4O2.C12H11NO2.C10H17N3.C10H8O6S2/c1-5-26-18-12-14(25(3)4)10-11-17(18)24-19-15-8-6-7-9-16(15)22(28)20(21(19)26)23-13(2)27;1-8(14)13-11-7-6-9-4-2-3-5-10(9)12(11)15;1-4-12-10-7-8(13(2)3)5-6-9(10)11;11-17(12,13)9-5-1-3-7-8(9)4-2-6-10(7)18(14,15)16/h6-12H,5H2,1-4H3,(H,23,27);2-7,15H,1H3,(H,13,14);5-7,12H,4,11H2,1-3H3;1-6H,(H,11,12,13)(H,14,15,16). The third-order valence-corrected chi connectivity index (χ3v) is 13.4. The summed E-state index contributed by atoms with van der Waals surface area (Å²) in [6, 6.07) is 38.0. The molecular weight excluding hydrogens is 985 g/mol. The lowest BCUT2D eigenvalue weighted by Gasteiger charge is -2.23. The smallest absolute Gasteiger partial charge is 0.295 e. The number of phenolic OH excluding ortho intramolecular Hbond substituents is 1. The largest absolute Gasteiger partial charge is 0.505 e. The molecule has 386 valence electrons. The van der Waals surface area contributed by atoms with Gasteiger partial charge in [-0.25, -0.2) is 4.98 Å². The number of nitrogens with zero attached hydrogens (tertiary/aromatic N) is 4. The van der Waals surface area contributed by atoms with Crippen LogP contribution in [0.15, 0.2) is 148 Å². The number of benzene rings is 8.